The van der Waals surface area contributed by atoms with Gasteiger partial charge >= 0.3 is 0 Å². The maximum Gasteiger partial charge on any atom is 0.226 e. The minimum absolute atomic E-state index is 0.157. The number of piperidine rings is 1. The lowest BCUT2D eigenvalue weighted by atomic mass is 10.0. The number of carbonyl (C=O) groups is 1. The second-order valence-corrected chi connectivity index (χ2v) is 6.89. The predicted octanol–water partition coefficient (Wildman–Crippen LogP) is 2.23. The summed E-state index contributed by atoms with van der Waals surface area (Å²) >= 11 is 1.72. The van der Waals surface area contributed by atoms with Gasteiger partial charge in [-0.05, 0) is 49.9 Å². The monoisotopic (exact) mass is 321 g/mol. The molecule has 1 fully saturated rings. The molecule has 5 heteroatoms. The summed E-state index contributed by atoms with van der Waals surface area (Å²) in [5.74, 6) is 0.157. The molecule has 0 spiro atoms. The second-order valence-electron chi connectivity index (χ2n) is 6.01. The van der Waals surface area contributed by atoms with E-state index in [9.17, 15) is 4.79 Å². The number of anilines is 1. The summed E-state index contributed by atoms with van der Waals surface area (Å²) in [4.78, 5) is 17.5. The van der Waals surface area contributed by atoms with E-state index >= 15 is 0 Å². The van der Waals surface area contributed by atoms with Crippen LogP contribution in [0.1, 0.15) is 18.4 Å². The summed E-state index contributed by atoms with van der Waals surface area (Å²) in [5, 5.41) is 3.37. The molecule has 0 saturated carbocycles. The van der Waals surface area contributed by atoms with Crippen LogP contribution in [0.25, 0.3) is 0 Å². The quantitative estimate of drug-likeness (QED) is 0.844. The molecule has 0 bridgehead atoms. The van der Waals surface area contributed by atoms with E-state index in [0.717, 1.165) is 31.5 Å². The van der Waals surface area contributed by atoms with Crippen LogP contribution < -0.4 is 10.2 Å². The number of hydrogen-bond acceptors (Lipinski definition) is 4. The van der Waals surface area contributed by atoms with Crippen molar-refractivity contribution in [2.75, 3.05) is 45.4 Å². The first-order valence-corrected chi connectivity index (χ1v) is 9.07. The highest BCUT2D eigenvalue weighted by atomic mass is 32.2. The summed E-state index contributed by atoms with van der Waals surface area (Å²) in [6.45, 7) is 2.10. The molecule has 1 heterocycles. The first-order chi connectivity index (χ1) is 10.5. The number of rotatable bonds is 5. The SMILES string of the molecule is CNC1CCN(c2ccc(SC)cc2CC(=O)N(C)C)CC1. The highest BCUT2D eigenvalue weighted by Gasteiger charge is 2.21. The van der Waals surface area contributed by atoms with Crippen LogP contribution in [-0.2, 0) is 11.2 Å². The lowest BCUT2D eigenvalue weighted by molar-refractivity contribution is -0.127. The van der Waals surface area contributed by atoms with Gasteiger partial charge in [0.15, 0.2) is 0 Å². The predicted molar refractivity (Wildman–Crippen MR) is 94.9 cm³/mol. The van der Waals surface area contributed by atoms with Gasteiger partial charge in [0, 0.05) is 43.8 Å². The summed E-state index contributed by atoms with van der Waals surface area (Å²) in [7, 11) is 5.67. The third-order valence-electron chi connectivity index (χ3n) is 4.37. The largest absolute Gasteiger partial charge is 0.371 e. The van der Waals surface area contributed by atoms with E-state index in [4.69, 9.17) is 0 Å². The average Bonchev–Trinajstić information content (AvgIpc) is 2.54. The molecule has 1 aromatic carbocycles. The second kappa shape index (κ2) is 7.88. The van der Waals surface area contributed by atoms with E-state index in [1.54, 1.807) is 16.7 Å². The molecule has 1 N–H and O–H groups in total. The van der Waals surface area contributed by atoms with Crippen molar-refractivity contribution in [2.45, 2.75) is 30.2 Å². The van der Waals surface area contributed by atoms with Gasteiger partial charge in [-0.15, -0.1) is 11.8 Å². The number of likely N-dealkylation sites (N-methyl/N-ethyl adjacent to an activating group) is 1. The maximum atomic E-state index is 12.1. The lowest BCUT2D eigenvalue weighted by Gasteiger charge is -2.35. The molecule has 122 valence electrons. The fourth-order valence-electron chi connectivity index (χ4n) is 2.87. The Kier molecular flexibility index (Phi) is 6.15. The van der Waals surface area contributed by atoms with E-state index in [1.165, 1.54) is 10.6 Å². The Labute approximate surface area is 138 Å². The first kappa shape index (κ1) is 17.2. The number of nitrogens with one attached hydrogen (secondary N) is 1. The van der Waals surface area contributed by atoms with Crippen molar-refractivity contribution >= 4 is 23.4 Å². The molecule has 0 aliphatic carbocycles. The molecular formula is C17H27N3OS. The molecule has 1 saturated heterocycles. The third kappa shape index (κ3) is 4.17. The highest BCUT2D eigenvalue weighted by molar-refractivity contribution is 7.98. The van der Waals surface area contributed by atoms with Crippen molar-refractivity contribution in [1.29, 1.82) is 0 Å². The molecule has 0 radical (unpaired) electrons. The van der Waals surface area contributed by atoms with Crippen LogP contribution in [-0.4, -0.2) is 57.3 Å². The zero-order chi connectivity index (χ0) is 16.1. The maximum absolute atomic E-state index is 12.1. The Bertz CT molecular complexity index is 511. The molecule has 2 rings (SSSR count). The van der Waals surface area contributed by atoms with Gasteiger partial charge in [-0.25, -0.2) is 0 Å². The standard InChI is InChI=1S/C17H27N3OS/c1-18-14-7-9-20(10-8-14)16-6-5-15(22-4)11-13(16)12-17(21)19(2)3/h5-6,11,14,18H,7-10,12H2,1-4H3. The number of amides is 1. The molecular weight excluding hydrogens is 294 g/mol. The summed E-state index contributed by atoms with van der Waals surface area (Å²) in [5.41, 5.74) is 2.37. The molecule has 0 unspecified atom stereocenters. The number of thioether (sulfide) groups is 1. The molecule has 1 aliphatic rings. The molecule has 4 nitrogen and oxygen atoms in total. The van der Waals surface area contributed by atoms with Gasteiger partial charge in [0.2, 0.25) is 5.91 Å². The molecule has 0 aromatic heterocycles. The van der Waals surface area contributed by atoms with Crippen LogP contribution >= 0.6 is 11.8 Å². The topological polar surface area (TPSA) is 35.6 Å². The van der Waals surface area contributed by atoms with Crippen molar-refractivity contribution in [3.63, 3.8) is 0 Å². The van der Waals surface area contributed by atoms with Gasteiger partial charge in [-0.3, -0.25) is 4.79 Å². The van der Waals surface area contributed by atoms with Crippen LogP contribution in [0.4, 0.5) is 5.69 Å². The molecule has 22 heavy (non-hydrogen) atoms. The van der Waals surface area contributed by atoms with Crippen molar-refractivity contribution in [2.24, 2.45) is 0 Å². The van der Waals surface area contributed by atoms with Gasteiger partial charge in [-0.1, -0.05) is 0 Å². The summed E-state index contributed by atoms with van der Waals surface area (Å²) < 4.78 is 0. The average molecular weight is 321 g/mol. The van der Waals surface area contributed by atoms with Crippen LogP contribution in [0.5, 0.6) is 0 Å². The van der Waals surface area contributed by atoms with Crippen LogP contribution in [0.2, 0.25) is 0 Å². The number of nitrogens with zero attached hydrogens (tertiary/aromatic N) is 2. The zero-order valence-corrected chi connectivity index (χ0v) is 14.9. The van der Waals surface area contributed by atoms with E-state index in [-0.39, 0.29) is 5.91 Å². The van der Waals surface area contributed by atoms with Gasteiger partial charge in [-0.2, -0.15) is 0 Å². The van der Waals surface area contributed by atoms with Gasteiger partial charge < -0.3 is 15.1 Å². The van der Waals surface area contributed by atoms with Crippen molar-refractivity contribution in [1.82, 2.24) is 10.2 Å². The van der Waals surface area contributed by atoms with Crippen molar-refractivity contribution in [3.05, 3.63) is 23.8 Å². The summed E-state index contributed by atoms with van der Waals surface area (Å²) in [6.07, 6.45) is 4.86. The van der Waals surface area contributed by atoms with Gasteiger partial charge in [0.25, 0.3) is 0 Å². The van der Waals surface area contributed by atoms with E-state index in [0.29, 0.717) is 12.5 Å². The lowest BCUT2D eigenvalue weighted by Crippen LogP contribution is -2.41. The van der Waals surface area contributed by atoms with E-state index in [2.05, 4.69) is 34.7 Å². The Morgan fingerprint density at radius 3 is 2.59 bits per heavy atom. The fraction of sp³-hybridized carbons (Fsp3) is 0.588. The van der Waals surface area contributed by atoms with Crippen molar-refractivity contribution < 1.29 is 4.79 Å². The van der Waals surface area contributed by atoms with E-state index < -0.39 is 0 Å². The number of carbonyl (C=O) groups excluding carboxylic acids is 1. The Morgan fingerprint density at radius 2 is 2.05 bits per heavy atom. The smallest absolute Gasteiger partial charge is 0.226 e. The molecule has 1 aromatic rings. The summed E-state index contributed by atoms with van der Waals surface area (Å²) in [6, 6.07) is 7.14. The Balaban J connectivity index is 2.20. The zero-order valence-electron chi connectivity index (χ0n) is 14.1. The number of benzene rings is 1. The minimum Gasteiger partial charge on any atom is -0.371 e. The normalized spacial score (nSPS) is 15.9. The van der Waals surface area contributed by atoms with Crippen LogP contribution in [0.15, 0.2) is 23.1 Å². The van der Waals surface area contributed by atoms with Crippen LogP contribution in [0, 0.1) is 0 Å². The minimum atomic E-state index is 0.157. The first-order valence-electron chi connectivity index (χ1n) is 7.84. The van der Waals surface area contributed by atoms with Crippen LogP contribution in [0.3, 0.4) is 0 Å². The highest BCUT2D eigenvalue weighted by Crippen LogP contribution is 2.29. The van der Waals surface area contributed by atoms with Gasteiger partial charge in [0.1, 0.15) is 0 Å². The molecule has 1 aliphatic heterocycles. The van der Waals surface area contributed by atoms with Gasteiger partial charge in [0.05, 0.1) is 6.42 Å². The van der Waals surface area contributed by atoms with E-state index in [1.807, 2.05) is 21.1 Å². The molecule has 0 atom stereocenters. The van der Waals surface area contributed by atoms with Crippen molar-refractivity contribution in [3.8, 4) is 0 Å². The Hall–Kier alpha value is -1.20. The molecule has 1 amide bonds. The number of hydrogen-bond donors (Lipinski definition) is 1. The Morgan fingerprint density at radius 1 is 1.36 bits per heavy atom. The fourth-order valence-corrected chi connectivity index (χ4v) is 3.33. The third-order valence-corrected chi connectivity index (χ3v) is 5.10.